The van der Waals surface area contributed by atoms with Crippen molar-refractivity contribution in [2.75, 3.05) is 0 Å². The van der Waals surface area contributed by atoms with Gasteiger partial charge >= 0.3 is 5.63 Å². The Labute approximate surface area is 107 Å². The van der Waals surface area contributed by atoms with E-state index < -0.39 is 0 Å². The third-order valence-corrected chi connectivity index (χ3v) is 3.31. The van der Waals surface area contributed by atoms with Crippen LogP contribution in [0.15, 0.2) is 68.1 Å². The molecule has 3 rings (SSSR count). The van der Waals surface area contributed by atoms with Crippen LogP contribution in [0.1, 0.15) is 0 Å². The van der Waals surface area contributed by atoms with Crippen molar-refractivity contribution in [2.24, 2.45) is 0 Å². The molecule has 1 aromatic carbocycles. The number of rotatable bonds is 2. The molecule has 88 valence electrons. The van der Waals surface area contributed by atoms with E-state index in [0.29, 0.717) is 10.7 Å². The molecule has 4 nitrogen and oxygen atoms in total. The van der Waals surface area contributed by atoms with E-state index in [2.05, 4.69) is 9.97 Å². The lowest BCUT2D eigenvalue weighted by Gasteiger charge is -2.03. The predicted molar refractivity (Wildman–Crippen MR) is 68.6 cm³/mol. The van der Waals surface area contributed by atoms with Crippen molar-refractivity contribution in [3.63, 3.8) is 0 Å². The Morgan fingerprint density at radius 1 is 1.06 bits per heavy atom. The lowest BCUT2D eigenvalue weighted by Crippen LogP contribution is -1.97. The number of benzene rings is 1. The maximum absolute atomic E-state index is 11.5. The summed E-state index contributed by atoms with van der Waals surface area (Å²) in [7, 11) is 0. The van der Waals surface area contributed by atoms with Gasteiger partial charge in [-0.05, 0) is 23.9 Å². The largest absolute Gasteiger partial charge is 0.423 e. The van der Waals surface area contributed by atoms with Gasteiger partial charge in [-0.1, -0.05) is 18.2 Å². The Morgan fingerprint density at radius 2 is 1.83 bits per heavy atom. The Morgan fingerprint density at radius 3 is 2.67 bits per heavy atom. The fourth-order valence-electron chi connectivity index (χ4n) is 1.60. The van der Waals surface area contributed by atoms with Crippen LogP contribution in [0.25, 0.3) is 11.0 Å². The molecule has 3 aromatic rings. The molecule has 5 heteroatoms. The number of nitrogens with zero attached hydrogens (tertiary/aromatic N) is 2. The zero-order valence-corrected chi connectivity index (χ0v) is 10.1. The smallest absolute Gasteiger partial charge is 0.337 e. The molecule has 0 aliphatic carbocycles. The normalized spacial score (nSPS) is 10.7. The summed E-state index contributed by atoms with van der Waals surface area (Å²) in [5, 5.41) is 1.49. The van der Waals surface area contributed by atoms with E-state index in [0.717, 1.165) is 10.3 Å². The molecular weight excluding hydrogens is 248 g/mol. The molecule has 0 N–H and O–H groups in total. The molecule has 0 spiro atoms. The molecule has 0 unspecified atom stereocenters. The minimum Gasteiger partial charge on any atom is -0.423 e. The summed E-state index contributed by atoms with van der Waals surface area (Å²) < 4.78 is 5.13. The molecule has 0 amide bonds. The first-order valence-corrected chi connectivity index (χ1v) is 6.12. The number of hydrogen-bond donors (Lipinski definition) is 0. The quantitative estimate of drug-likeness (QED) is 0.521. The monoisotopic (exact) mass is 256 g/mol. The minimum atomic E-state index is -0.368. The van der Waals surface area contributed by atoms with Gasteiger partial charge in [-0.15, -0.1) is 0 Å². The molecule has 0 saturated carbocycles. The summed E-state index contributed by atoms with van der Waals surface area (Å²) in [4.78, 5) is 20.5. The van der Waals surface area contributed by atoms with Crippen molar-refractivity contribution in [3.8, 4) is 0 Å². The van der Waals surface area contributed by atoms with Crippen LogP contribution >= 0.6 is 11.8 Å². The van der Waals surface area contributed by atoms with Crippen molar-refractivity contribution >= 4 is 22.7 Å². The Bertz CT molecular complexity index is 741. The van der Waals surface area contributed by atoms with Crippen molar-refractivity contribution in [3.05, 3.63) is 59.2 Å². The lowest BCUT2D eigenvalue weighted by atomic mass is 10.2. The van der Waals surface area contributed by atoms with E-state index >= 15 is 0 Å². The fraction of sp³-hybridized carbons (Fsp3) is 0. The van der Waals surface area contributed by atoms with Gasteiger partial charge < -0.3 is 4.42 Å². The highest BCUT2D eigenvalue weighted by molar-refractivity contribution is 7.99. The van der Waals surface area contributed by atoms with Gasteiger partial charge in [0.25, 0.3) is 0 Å². The molecule has 0 saturated heterocycles. The van der Waals surface area contributed by atoms with Gasteiger partial charge in [0.05, 0.1) is 0 Å². The topological polar surface area (TPSA) is 56.0 Å². The maximum Gasteiger partial charge on any atom is 0.337 e. The number of para-hydroxylation sites is 1. The zero-order valence-electron chi connectivity index (χ0n) is 9.24. The van der Waals surface area contributed by atoms with Gasteiger partial charge in [-0.3, -0.25) is 0 Å². The number of fused-ring (bicyclic) bond motifs is 1. The SMILES string of the molecule is O=c1cc(Sc2ncccn2)c2ccccc2o1. The molecule has 0 bridgehead atoms. The third kappa shape index (κ3) is 2.12. The van der Waals surface area contributed by atoms with Crippen LogP contribution in [0.4, 0.5) is 0 Å². The van der Waals surface area contributed by atoms with Crippen LogP contribution in [0.5, 0.6) is 0 Å². The maximum atomic E-state index is 11.5. The summed E-state index contributed by atoms with van der Waals surface area (Å²) in [6, 6.07) is 10.6. The molecule has 18 heavy (non-hydrogen) atoms. The molecule has 0 fully saturated rings. The van der Waals surface area contributed by atoms with Crippen molar-refractivity contribution in [1.29, 1.82) is 0 Å². The first-order valence-electron chi connectivity index (χ1n) is 5.31. The standard InChI is InChI=1S/C13H8N2O2S/c16-12-8-11(18-13-14-6-3-7-15-13)9-4-1-2-5-10(9)17-12/h1-8H. The van der Waals surface area contributed by atoms with Crippen LogP contribution in [0.3, 0.4) is 0 Å². The molecular formula is C13H8N2O2S. The van der Waals surface area contributed by atoms with Gasteiger partial charge in [0.1, 0.15) is 5.58 Å². The molecule has 2 heterocycles. The van der Waals surface area contributed by atoms with Crippen LogP contribution in [0, 0.1) is 0 Å². The van der Waals surface area contributed by atoms with Gasteiger partial charge in [0.15, 0.2) is 5.16 Å². The van der Waals surface area contributed by atoms with E-state index in [4.69, 9.17) is 4.42 Å². The molecule has 0 atom stereocenters. The van der Waals surface area contributed by atoms with E-state index in [-0.39, 0.29) is 5.63 Å². The average Bonchev–Trinajstić information content (AvgIpc) is 2.40. The molecule has 0 aliphatic rings. The molecule has 0 aliphatic heterocycles. The summed E-state index contributed by atoms with van der Waals surface area (Å²) in [6.07, 6.45) is 3.34. The zero-order chi connectivity index (χ0) is 12.4. The summed E-state index contributed by atoms with van der Waals surface area (Å²) in [5.74, 6) is 0. The highest BCUT2D eigenvalue weighted by Crippen LogP contribution is 2.29. The van der Waals surface area contributed by atoms with Crippen molar-refractivity contribution in [2.45, 2.75) is 10.1 Å². The van der Waals surface area contributed by atoms with Crippen LogP contribution < -0.4 is 5.63 Å². The molecule has 0 radical (unpaired) electrons. The summed E-state index contributed by atoms with van der Waals surface area (Å²) in [6.45, 7) is 0. The second kappa shape index (κ2) is 4.62. The highest BCUT2D eigenvalue weighted by Gasteiger charge is 2.07. The number of aromatic nitrogens is 2. The summed E-state index contributed by atoms with van der Waals surface area (Å²) >= 11 is 1.35. The lowest BCUT2D eigenvalue weighted by molar-refractivity contribution is 0.557. The van der Waals surface area contributed by atoms with E-state index in [9.17, 15) is 4.79 Å². The van der Waals surface area contributed by atoms with E-state index in [1.165, 1.54) is 17.8 Å². The third-order valence-electron chi connectivity index (χ3n) is 2.36. The average molecular weight is 256 g/mol. The summed E-state index contributed by atoms with van der Waals surface area (Å²) in [5.41, 5.74) is 0.204. The Balaban J connectivity index is 2.14. The second-order valence-electron chi connectivity index (χ2n) is 3.56. The Hall–Kier alpha value is -2.14. The van der Waals surface area contributed by atoms with Crippen molar-refractivity contribution in [1.82, 2.24) is 9.97 Å². The highest BCUT2D eigenvalue weighted by atomic mass is 32.2. The van der Waals surface area contributed by atoms with Gasteiger partial charge in [0.2, 0.25) is 0 Å². The number of hydrogen-bond acceptors (Lipinski definition) is 5. The van der Waals surface area contributed by atoms with Gasteiger partial charge in [-0.25, -0.2) is 14.8 Å². The fourth-order valence-corrected chi connectivity index (χ4v) is 2.46. The van der Waals surface area contributed by atoms with E-state index in [1.807, 2.05) is 18.2 Å². The molecule has 2 aromatic heterocycles. The van der Waals surface area contributed by atoms with Crippen LogP contribution in [-0.4, -0.2) is 9.97 Å². The minimum absolute atomic E-state index is 0.368. The van der Waals surface area contributed by atoms with Crippen LogP contribution in [0.2, 0.25) is 0 Å². The van der Waals surface area contributed by atoms with E-state index in [1.54, 1.807) is 24.5 Å². The Kier molecular flexibility index (Phi) is 2.82. The van der Waals surface area contributed by atoms with Crippen LogP contribution in [-0.2, 0) is 0 Å². The first-order chi connectivity index (χ1) is 8.83. The van der Waals surface area contributed by atoms with Crippen molar-refractivity contribution < 1.29 is 4.42 Å². The first kappa shape index (κ1) is 11.0. The predicted octanol–water partition coefficient (Wildman–Crippen LogP) is 2.73. The van der Waals surface area contributed by atoms with Gasteiger partial charge in [-0.2, -0.15) is 0 Å². The van der Waals surface area contributed by atoms with Gasteiger partial charge in [0, 0.05) is 28.7 Å². The second-order valence-corrected chi connectivity index (χ2v) is 4.57.